The Hall–Kier alpha value is 2.03. The monoisotopic (exact) mass is 322 g/mol. The Labute approximate surface area is 112 Å². The van der Waals surface area contributed by atoms with Crippen LogP contribution >= 0.6 is 81.2 Å². The lowest BCUT2D eigenvalue weighted by Crippen LogP contribution is -2.57. The molecule has 0 spiro atoms. The lowest BCUT2D eigenvalue weighted by atomic mass is 9.97. The van der Waals surface area contributed by atoms with Crippen LogP contribution in [0.3, 0.4) is 0 Å². The molecule has 13 heavy (non-hydrogen) atoms. The zero-order valence-electron chi connectivity index (χ0n) is 6.03. The fourth-order valence-corrected chi connectivity index (χ4v) is 3.75. The van der Waals surface area contributed by atoms with Crippen LogP contribution in [0.4, 0.5) is 0 Å². The second-order valence-electron chi connectivity index (χ2n) is 2.81. The molecule has 0 aromatic rings. The number of hydrogen-bond acceptors (Lipinski definition) is 0. The second kappa shape index (κ2) is 4.49. The number of alkyl halides is 7. The first-order valence-electron chi connectivity index (χ1n) is 3.38. The molecular formula is C6H5Cl7. The van der Waals surface area contributed by atoms with E-state index >= 15 is 0 Å². The molecule has 0 radical (unpaired) electrons. The zero-order valence-corrected chi connectivity index (χ0v) is 11.3. The third-order valence-corrected chi connectivity index (χ3v) is 6.63. The van der Waals surface area contributed by atoms with E-state index in [0.717, 1.165) is 0 Å². The van der Waals surface area contributed by atoms with E-state index in [-0.39, 0.29) is 0 Å². The van der Waals surface area contributed by atoms with Crippen LogP contribution in [0.5, 0.6) is 0 Å². The minimum atomic E-state index is -1.35. The molecule has 2 unspecified atom stereocenters. The summed E-state index contributed by atoms with van der Waals surface area (Å²) < 4.78 is -1.35. The quantitative estimate of drug-likeness (QED) is 0.585. The molecule has 0 bridgehead atoms. The summed E-state index contributed by atoms with van der Waals surface area (Å²) in [6.07, 6.45) is 0. The molecule has 1 fully saturated rings. The highest BCUT2D eigenvalue weighted by Gasteiger charge is 2.56. The first kappa shape index (κ1) is 13.1. The van der Waals surface area contributed by atoms with Gasteiger partial charge in [0, 0.05) is 0 Å². The van der Waals surface area contributed by atoms with Crippen molar-refractivity contribution in [1.82, 2.24) is 0 Å². The van der Waals surface area contributed by atoms with E-state index in [4.69, 9.17) is 81.2 Å². The van der Waals surface area contributed by atoms with Crippen molar-refractivity contribution in [2.24, 2.45) is 0 Å². The van der Waals surface area contributed by atoms with Crippen LogP contribution in [0.25, 0.3) is 0 Å². The van der Waals surface area contributed by atoms with Gasteiger partial charge in [0.25, 0.3) is 0 Å². The van der Waals surface area contributed by atoms with Gasteiger partial charge < -0.3 is 0 Å². The Morgan fingerprint density at radius 1 is 0.615 bits per heavy atom. The van der Waals surface area contributed by atoms with Gasteiger partial charge in [-0.05, 0) is 0 Å². The highest BCUT2D eigenvalue weighted by atomic mass is 35.5. The van der Waals surface area contributed by atoms with Gasteiger partial charge >= 0.3 is 0 Å². The maximum atomic E-state index is 5.90. The SMILES string of the molecule is ClC1C(Cl)[C@H](Cl)C(Cl)(Cl)[C@H](Cl)[C@@H]1Cl. The summed E-state index contributed by atoms with van der Waals surface area (Å²) >= 11 is 41.2. The summed E-state index contributed by atoms with van der Waals surface area (Å²) in [7, 11) is 0. The fraction of sp³-hybridized carbons (Fsp3) is 1.00. The predicted molar refractivity (Wildman–Crippen MR) is 62.6 cm³/mol. The van der Waals surface area contributed by atoms with Crippen LogP contribution in [-0.2, 0) is 0 Å². The summed E-state index contributed by atoms with van der Waals surface area (Å²) in [4.78, 5) is 0. The Morgan fingerprint density at radius 2 is 0.923 bits per heavy atom. The third-order valence-electron chi connectivity index (χ3n) is 1.90. The molecule has 1 aliphatic carbocycles. The van der Waals surface area contributed by atoms with Crippen LogP contribution in [0.1, 0.15) is 0 Å². The minimum Gasteiger partial charge on any atom is -0.120 e. The average Bonchev–Trinajstić information content (AvgIpc) is 2.09. The highest BCUT2D eigenvalue weighted by Crippen LogP contribution is 2.49. The Bertz CT molecular complexity index is 175. The van der Waals surface area contributed by atoms with Gasteiger partial charge in [0.15, 0.2) is 4.33 Å². The molecule has 0 saturated heterocycles. The van der Waals surface area contributed by atoms with Crippen LogP contribution in [0, 0.1) is 0 Å². The molecule has 0 aliphatic heterocycles. The first-order valence-corrected chi connectivity index (χ1v) is 6.32. The highest BCUT2D eigenvalue weighted by molar-refractivity contribution is 6.58. The van der Waals surface area contributed by atoms with Crippen molar-refractivity contribution < 1.29 is 0 Å². The Balaban J connectivity index is 2.93. The van der Waals surface area contributed by atoms with E-state index in [1.54, 1.807) is 0 Å². The number of hydrogen-bond donors (Lipinski definition) is 0. The molecular weight excluding hydrogens is 320 g/mol. The molecule has 0 N–H and O–H groups in total. The van der Waals surface area contributed by atoms with Gasteiger partial charge in [-0.15, -0.1) is 58.0 Å². The van der Waals surface area contributed by atoms with Gasteiger partial charge in [-0.25, -0.2) is 0 Å². The Kier molecular flexibility index (Phi) is 4.52. The van der Waals surface area contributed by atoms with E-state index < -0.39 is 31.2 Å². The smallest absolute Gasteiger partial charge is 0.120 e. The van der Waals surface area contributed by atoms with Gasteiger partial charge in [-0.1, -0.05) is 23.2 Å². The standard InChI is InChI=1S/C6H5Cl7/c7-1-2(8)4(10)6(12,13)5(11)3(1)9/h1-5H/t1?,2-,3?,4-,5+/m1/s1. The molecule has 1 rings (SSSR count). The van der Waals surface area contributed by atoms with E-state index in [1.807, 2.05) is 0 Å². The summed E-state index contributed by atoms with van der Waals surface area (Å²) in [5.41, 5.74) is 0. The predicted octanol–water partition coefficient (Wildman–Crippen LogP) is 4.21. The van der Waals surface area contributed by atoms with E-state index in [2.05, 4.69) is 0 Å². The van der Waals surface area contributed by atoms with Crippen molar-refractivity contribution in [3.8, 4) is 0 Å². The van der Waals surface area contributed by atoms with E-state index in [9.17, 15) is 0 Å². The minimum absolute atomic E-state index is 0.543. The maximum Gasteiger partial charge on any atom is 0.153 e. The van der Waals surface area contributed by atoms with Crippen LogP contribution in [-0.4, -0.2) is 31.2 Å². The molecule has 0 aromatic heterocycles. The lowest BCUT2D eigenvalue weighted by molar-refractivity contribution is 0.511. The molecule has 7 heteroatoms. The van der Waals surface area contributed by atoms with Gasteiger partial charge in [-0.2, -0.15) is 0 Å². The zero-order chi connectivity index (χ0) is 10.4. The van der Waals surface area contributed by atoms with Crippen molar-refractivity contribution in [3.63, 3.8) is 0 Å². The van der Waals surface area contributed by atoms with Crippen molar-refractivity contribution in [2.75, 3.05) is 0 Å². The molecule has 0 amide bonds. The molecule has 5 atom stereocenters. The van der Waals surface area contributed by atoms with Crippen molar-refractivity contribution >= 4 is 81.2 Å². The number of halogens is 7. The first-order chi connectivity index (χ1) is 5.80. The Morgan fingerprint density at radius 3 is 1.23 bits per heavy atom. The largest absolute Gasteiger partial charge is 0.153 e. The third kappa shape index (κ3) is 2.25. The average molecular weight is 325 g/mol. The summed E-state index contributed by atoms with van der Waals surface area (Å²) in [6, 6.07) is 0. The molecule has 0 nitrogen and oxygen atoms in total. The van der Waals surface area contributed by atoms with Crippen molar-refractivity contribution in [3.05, 3.63) is 0 Å². The molecule has 78 valence electrons. The normalized spacial score (nSPS) is 50.5. The van der Waals surface area contributed by atoms with E-state index in [1.165, 1.54) is 0 Å². The van der Waals surface area contributed by atoms with Crippen molar-refractivity contribution in [1.29, 1.82) is 0 Å². The van der Waals surface area contributed by atoms with Crippen LogP contribution in [0.15, 0.2) is 0 Å². The van der Waals surface area contributed by atoms with Crippen LogP contribution in [0.2, 0.25) is 0 Å². The van der Waals surface area contributed by atoms with Gasteiger partial charge in [0.2, 0.25) is 0 Å². The van der Waals surface area contributed by atoms with Gasteiger partial charge in [0.05, 0.1) is 26.9 Å². The van der Waals surface area contributed by atoms with E-state index in [0.29, 0.717) is 0 Å². The summed E-state index contributed by atoms with van der Waals surface area (Å²) in [5.74, 6) is 0. The maximum absolute atomic E-state index is 5.90. The summed E-state index contributed by atoms with van der Waals surface area (Å²) in [6.45, 7) is 0. The lowest BCUT2D eigenvalue weighted by Gasteiger charge is -2.42. The molecule has 1 saturated carbocycles. The molecule has 0 aromatic carbocycles. The number of rotatable bonds is 0. The topological polar surface area (TPSA) is 0 Å². The molecule has 0 heterocycles. The summed E-state index contributed by atoms with van der Waals surface area (Å²) in [5, 5.41) is -3.19. The second-order valence-corrected chi connectivity index (χ2v) is 6.71. The van der Waals surface area contributed by atoms with Gasteiger partial charge in [0.1, 0.15) is 0 Å². The van der Waals surface area contributed by atoms with Crippen LogP contribution < -0.4 is 0 Å². The van der Waals surface area contributed by atoms with Crippen molar-refractivity contribution in [2.45, 2.75) is 31.2 Å². The fourth-order valence-electron chi connectivity index (χ4n) is 1.08. The van der Waals surface area contributed by atoms with Gasteiger partial charge in [-0.3, -0.25) is 0 Å². The molecule has 1 aliphatic rings.